The van der Waals surface area contributed by atoms with Gasteiger partial charge in [0.1, 0.15) is 5.82 Å². The van der Waals surface area contributed by atoms with Gasteiger partial charge in [-0.3, -0.25) is 14.6 Å². The summed E-state index contributed by atoms with van der Waals surface area (Å²) >= 11 is 0. The molecule has 0 saturated carbocycles. The fourth-order valence-electron chi connectivity index (χ4n) is 3.47. The van der Waals surface area contributed by atoms with E-state index in [1.165, 1.54) is 18.3 Å². The molecule has 0 bridgehead atoms. The van der Waals surface area contributed by atoms with Gasteiger partial charge in [-0.05, 0) is 66.6 Å². The van der Waals surface area contributed by atoms with Gasteiger partial charge in [-0.15, -0.1) is 0 Å². The molecule has 1 aromatic carbocycles. The number of carboxylic acids is 1. The predicted octanol–water partition coefficient (Wildman–Crippen LogP) is 3.51. The normalized spacial score (nSPS) is 13.2. The predicted molar refractivity (Wildman–Crippen MR) is 110 cm³/mol. The van der Waals surface area contributed by atoms with E-state index in [-0.39, 0.29) is 18.2 Å². The topological polar surface area (TPSA) is 105 Å². The average molecular weight is 401 g/mol. The van der Waals surface area contributed by atoms with E-state index in [4.69, 9.17) is 5.73 Å². The van der Waals surface area contributed by atoms with E-state index in [0.717, 1.165) is 22.3 Å². The maximum absolute atomic E-state index is 13.6. The minimum atomic E-state index is -1.05. The molecule has 1 unspecified atom stereocenters. The summed E-state index contributed by atoms with van der Waals surface area (Å²) in [6, 6.07) is 3.17. The van der Waals surface area contributed by atoms with Crippen LogP contribution in [0.25, 0.3) is 11.1 Å². The Morgan fingerprint density at radius 2 is 1.79 bits per heavy atom. The van der Waals surface area contributed by atoms with E-state index in [2.05, 4.69) is 10.3 Å². The Morgan fingerprint density at radius 1 is 1.17 bits per heavy atom. The summed E-state index contributed by atoms with van der Waals surface area (Å²) in [7, 11) is 0. The molecule has 0 fully saturated rings. The molecule has 0 aliphatic rings. The molecule has 29 heavy (non-hydrogen) atoms. The zero-order chi connectivity index (χ0) is 21.7. The van der Waals surface area contributed by atoms with Crippen molar-refractivity contribution >= 4 is 11.9 Å². The fraction of sp³-hybridized carbons (Fsp3) is 0.409. The van der Waals surface area contributed by atoms with Crippen molar-refractivity contribution in [1.82, 2.24) is 10.3 Å². The number of amides is 1. The first-order valence-corrected chi connectivity index (χ1v) is 9.58. The van der Waals surface area contributed by atoms with Crippen LogP contribution < -0.4 is 11.1 Å². The van der Waals surface area contributed by atoms with Crippen LogP contribution in [0.3, 0.4) is 0 Å². The Labute approximate surface area is 170 Å². The van der Waals surface area contributed by atoms with Crippen molar-refractivity contribution in [2.75, 3.05) is 0 Å². The first-order valence-electron chi connectivity index (χ1n) is 9.58. The summed E-state index contributed by atoms with van der Waals surface area (Å²) in [5, 5.41) is 12.0. The number of nitrogens with two attached hydrogens (primary N) is 1. The number of nitrogens with zero attached hydrogens (tertiary/aromatic N) is 1. The van der Waals surface area contributed by atoms with Gasteiger partial charge in [0.05, 0.1) is 18.5 Å². The molecule has 2 aromatic rings. The highest BCUT2D eigenvalue weighted by molar-refractivity contribution is 5.82. The van der Waals surface area contributed by atoms with Crippen LogP contribution in [0.1, 0.15) is 49.4 Å². The van der Waals surface area contributed by atoms with E-state index in [1.807, 2.05) is 13.8 Å². The van der Waals surface area contributed by atoms with Crippen molar-refractivity contribution in [2.24, 2.45) is 11.7 Å². The van der Waals surface area contributed by atoms with Crippen LogP contribution in [0.2, 0.25) is 0 Å². The SMILES string of the molecule is Cc1cc(F)cc(C)c1-c1cncc(C(CC(=O)O)NC(=O)[C@@H](N)CC(C)C)c1. The van der Waals surface area contributed by atoms with Crippen molar-refractivity contribution in [3.63, 3.8) is 0 Å². The maximum atomic E-state index is 13.6. The van der Waals surface area contributed by atoms with E-state index >= 15 is 0 Å². The zero-order valence-corrected chi connectivity index (χ0v) is 17.2. The molecule has 0 saturated heterocycles. The highest BCUT2D eigenvalue weighted by Crippen LogP contribution is 2.30. The van der Waals surface area contributed by atoms with Crippen molar-refractivity contribution in [3.8, 4) is 11.1 Å². The first-order chi connectivity index (χ1) is 13.6. The highest BCUT2D eigenvalue weighted by Gasteiger charge is 2.23. The number of hydrogen-bond acceptors (Lipinski definition) is 4. The molecule has 0 aliphatic heterocycles. The van der Waals surface area contributed by atoms with Crippen LogP contribution in [-0.2, 0) is 9.59 Å². The summed E-state index contributed by atoms with van der Waals surface area (Å²) in [6.07, 6.45) is 3.37. The minimum absolute atomic E-state index is 0.239. The number of pyridine rings is 1. The van der Waals surface area contributed by atoms with E-state index in [1.54, 1.807) is 26.1 Å². The Morgan fingerprint density at radius 3 is 2.34 bits per heavy atom. The van der Waals surface area contributed by atoms with Crippen LogP contribution in [0.15, 0.2) is 30.6 Å². The molecule has 0 radical (unpaired) electrons. The van der Waals surface area contributed by atoms with Crippen molar-refractivity contribution < 1.29 is 19.1 Å². The third-order valence-corrected chi connectivity index (χ3v) is 4.71. The average Bonchev–Trinajstić information content (AvgIpc) is 2.59. The Hall–Kier alpha value is -2.80. The van der Waals surface area contributed by atoms with Gasteiger partial charge >= 0.3 is 5.97 Å². The van der Waals surface area contributed by atoms with Gasteiger partial charge in [-0.25, -0.2) is 4.39 Å². The molecule has 156 valence electrons. The van der Waals surface area contributed by atoms with Crippen LogP contribution in [0, 0.1) is 25.6 Å². The van der Waals surface area contributed by atoms with Crippen LogP contribution in [0.5, 0.6) is 0 Å². The van der Waals surface area contributed by atoms with E-state index in [9.17, 15) is 19.1 Å². The summed E-state index contributed by atoms with van der Waals surface area (Å²) in [4.78, 5) is 28.0. The molecule has 6 nitrogen and oxygen atoms in total. The first kappa shape index (κ1) is 22.5. The molecular formula is C22H28FN3O3. The van der Waals surface area contributed by atoms with Crippen molar-refractivity contribution in [3.05, 3.63) is 53.1 Å². The van der Waals surface area contributed by atoms with Gasteiger partial charge in [0, 0.05) is 18.0 Å². The number of hydrogen-bond donors (Lipinski definition) is 3. The number of benzene rings is 1. The standard InChI is InChI=1S/C22H28FN3O3/c1-12(2)5-18(24)22(29)26-19(9-20(27)28)15-8-16(11-25-10-15)21-13(3)6-17(23)7-14(21)4/h6-8,10-12,18-19H,5,9,24H2,1-4H3,(H,26,29)(H,27,28)/t18-,19?/m0/s1. The summed E-state index contributed by atoms with van der Waals surface area (Å²) in [5.74, 6) is -1.53. The molecule has 2 atom stereocenters. The molecular weight excluding hydrogens is 373 g/mol. The lowest BCUT2D eigenvalue weighted by atomic mass is 9.94. The van der Waals surface area contributed by atoms with Gasteiger partial charge in [-0.2, -0.15) is 0 Å². The van der Waals surface area contributed by atoms with Crippen LogP contribution in [-0.4, -0.2) is 28.0 Å². The number of rotatable bonds is 8. The molecule has 7 heteroatoms. The fourth-order valence-corrected chi connectivity index (χ4v) is 3.47. The lowest BCUT2D eigenvalue weighted by molar-refractivity contribution is -0.137. The number of carbonyl (C=O) groups excluding carboxylic acids is 1. The largest absolute Gasteiger partial charge is 0.481 e. The molecule has 1 aromatic heterocycles. The van der Waals surface area contributed by atoms with Crippen molar-refractivity contribution in [2.45, 2.75) is 52.6 Å². The Balaban J connectivity index is 2.37. The number of nitrogens with one attached hydrogen (secondary N) is 1. The number of halogens is 1. The zero-order valence-electron chi connectivity index (χ0n) is 17.2. The van der Waals surface area contributed by atoms with Gasteiger partial charge in [0.25, 0.3) is 0 Å². The molecule has 1 heterocycles. The molecule has 0 aliphatic carbocycles. The smallest absolute Gasteiger partial charge is 0.305 e. The van der Waals surface area contributed by atoms with E-state index < -0.39 is 24.0 Å². The second-order valence-electron chi connectivity index (χ2n) is 7.82. The third-order valence-electron chi connectivity index (χ3n) is 4.71. The maximum Gasteiger partial charge on any atom is 0.305 e. The lowest BCUT2D eigenvalue weighted by Crippen LogP contribution is -2.43. The van der Waals surface area contributed by atoms with Gasteiger partial charge in [0.15, 0.2) is 0 Å². The summed E-state index contributed by atoms with van der Waals surface area (Å²) in [6.45, 7) is 7.53. The number of aliphatic carboxylic acids is 1. The summed E-state index contributed by atoms with van der Waals surface area (Å²) in [5.41, 5.74) is 9.55. The van der Waals surface area contributed by atoms with Gasteiger partial charge in [0.2, 0.25) is 5.91 Å². The summed E-state index contributed by atoms with van der Waals surface area (Å²) < 4.78 is 13.6. The highest BCUT2D eigenvalue weighted by atomic mass is 19.1. The lowest BCUT2D eigenvalue weighted by Gasteiger charge is -2.21. The quantitative estimate of drug-likeness (QED) is 0.628. The number of carboxylic acid groups (broad SMARTS) is 1. The molecule has 4 N–H and O–H groups in total. The number of carbonyl (C=O) groups is 2. The van der Waals surface area contributed by atoms with E-state index in [0.29, 0.717) is 12.0 Å². The monoisotopic (exact) mass is 401 g/mol. The van der Waals surface area contributed by atoms with Gasteiger partial charge < -0.3 is 16.2 Å². The van der Waals surface area contributed by atoms with Crippen molar-refractivity contribution in [1.29, 1.82) is 0 Å². The van der Waals surface area contributed by atoms with Crippen LogP contribution in [0.4, 0.5) is 4.39 Å². The second-order valence-corrected chi connectivity index (χ2v) is 7.82. The molecule has 2 rings (SSSR count). The van der Waals surface area contributed by atoms with Crippen LogP contribution >= 0.6 is 0 Å². The van der Waals surface area contributed by atoms with Gasteiger partial charge in [-0.1, -0.05) is 13.8 Å². The molecule has 1 amide bonds. The Bertz CT molecular complexity index is 876. The third kappa shape index (κ3) is 6.09. The number of aromatic nitrogens is 1. The molecule has 0 spiro atoms. The number of aryl methyl sites for hydroxylation is 2. The second kappa shape index (κ2) is 9.60. The Kier molecular flexibility index (Phi) is 7.45. The minimum Gasteiger partial charge on any atom is -0.481 e.